The summed E-state index contributed by atoms with van der Waals surface area (Å²) in [6, 6.07) is 0. The van der Waals surface area contributed by atoms with Crippen LogP contribution in [0.3, 0.4) is 0 Å². The lowest BCUT2D eigenvalue weighted by atomic mass is 9.35. The maximum atomic E-state index is 12.9. The second kappa shape index (κ2) is 6.78. The van der Waals surface area contributed by atoms with Crippen molar-refractivity contribution >= 4 is 5.78 Å². The van der Waals surface area contributed by atoms with E-state index in [1.165, 1.54) is 12.0 Å². The third-order valence-corrected chi connectivity index (χ3v) is 12.6. The molecule has 4 saturated carbocycles. The van der Waals surface area contributed by atoms with Gasteiger partial charge in [0.15, 0.2) is 5.79 Å². The van der Waals surface area contributed by atoms with Gasteiger partial charge in [-0.3, -0.25) is 4.79 Å². The molecule has 0 radical (unpaired) electrons. The van der Waals surface area contributed by atoms with Crippen LogP contribution in [0.2, 0.25) is 0 Å². The van der Waals surface area contributed by atoms with Gasteiger partial charge in [0.1, 0.15) is 5.78 Å². The molecule has 190 valence electrons. The number of Topliss-reactive ketones (excluding diaryl/α,β-unsaturated/α-hetero) is 1. The Kier molecular flexibility index (Phi) is 4.72. The average Bonchev–Trinajstić information content (AvgIpc) is 3.22. The van der Waals surface area contributed by atoms with Crippen molar-refractivity contribution in [2.75, 3.05) is 6.61 Å². The molecule has 10 atom stereocenters. The third-order valence-electron chi connectivity index (χ3n) is 12.6. The molecule has 0 unspecified atom stereocenters. The molecule has 2 bridgehead atoms. The normalized spacial score (nSPS) is 57.3. The number of carbonyl (C=O) groups excluding carboxylic acids is 1. The zero-order valence-electron chi connectivity index (χ0n) is 22.5. The summed E-state index contributed by atoms with van der Waals surface area (Å²) in [4.78, 5) is 12.9. The van der Waals surface area contributed by atoms with Crippen LogP contribution in [-0.4, -0.2) is 35.0 Å². The largest absolute Gasteiger partial charge is 0.390 e. The van der Waals surface area contributed by atoms with Crippen LogP contribution >= 0.6 is 0 Å². The second-order valence-electron chi connectivity index (χ2n) is 14.8. The molecule has 0 aromatic rings. The first-order chi connectivity index (χ1) is 15.7. The topological polar surface area (TPSA) is 55.8 Å². The molecule has 2 heterocycles. The Balaban J connectivity index is 1.41. The fourth-order valence-electron chi connectivity index (χ4n) is 11.4. The van der Waals surface area contributed by atoms with Gasteiger partial charge in [0, 0.05) is 36.0 Å². The highest BCUT2D eigenvalue weighted by Crippen LogP contribution is 2.80. The van der Waals surface area contributed by atoms with E-state index in [1.54, 1.807) is 0 Å². The highest BCUT2D eigenvalue weighted by molar-refractivity contribution is 5.85. The van der Waals surface area contributed by atoms with Crippen molar-refractivity contribution in [3.8, 4) is 0 Å². The van der Waals surface area contributed by atoms with Crippen molar-refractivity contribution in [3.05, 3.63) is 11.6 Å². The maximum Gasteiger partial charge on any atom is 0.175 e. The maximum absolute atomic E-state index is 12.9. The number of allylic oxidation sites excluding steroid dienone is 1. The van der Waals surface area contributed by atoms with Crippen LogP contribution in [0, 0.1) is 45.3 Å². The van der Waals surface area contributed by atoms with E-state index in [-0.39, 0.29) is 33.7 Å². The Hall–Kier alpha value is -0.710. The minimum atomic E-state index is -0.786. The van der Waals surface area contributed by atoms with Gasteiger partial charge in [-0.25, -0.2) is 0 Å². The fraction of sp³-hybridized carbons (Fsp3) is 0.900. The number of ketones is 1. The Bertz CT molecular complexity index is 945. The summed E-state index contributed by atoms with van der Waals surface area (Å²) >= 11 is 0. The zero-order chi connectivity index (χ0) is 24.5. The molecule has 34 heavy (non-hydrogen) atoms. The number of carbonyl (C=O) groups is 1. The van der Waals surface area contributed by atoms with Crippen LogP contribution in [-0.2, 0) is 14.3 Å². The molecular weight excluding hydrogens is 424 g/mol. The van der Waals surface area contributed by atoms with Crippen molar-refractivity contribution in [3.63, 3.8) is 0 Å². The quantitative estimate of drug-likeness (QED) is 0.473. The predicted octanol–water partition coefficient (Wildman–Crippen LogP) is 6.06. The molecule has 4 nitrogen and oxygen atoms in total. The van der Waals surface area contributed by atoms with E-state index >= 15 is 0 Å². The van der Waals surface area contributed by atoms with E-state index in [9.17, 15) is 9.90 Å². The van der Waals surface area contributed by atoms with E-state index < -0.39 is 11.4 Å². The van der Waals surface area contributed by atoms with Crippen molar-refractivity contribution < 1.29 is 19.4 Å². The van der Waals surface area contributed by atoms with Crippen LogP contribution in [0.5, 0.6) is 0 Å². The molecule has 0 aromatic carbocycles. The third kappa shape index (κ3) is 2.64. The summed E-state index contributed by atoms with van der Waals surface area (Å²) in [6.45, 7) is 16.6. The number of hydrogen-bond acceptors (Lipinski definition) is 4. The molecular formula is C30H46O4. The standard InChI is InChI=1S/C30H46O4/c1-18(2)14-19-15-28(7,32)24-20-8-9-22-26(5)12-11-23(31)25(3,4)21(26)10-13-27(22,6)29(20)16-30(24,34-19)33-17-29/h14,19-22,24,32H,8-13,15-17H2,1-7H3/t19-,20-,21+,22-,24+,26+,27-,28+,29+,30+/m1/s1. The molecule has 4 heteroatoms. The summed E-state index contributed by atoms with van der Waals surface area (Å²) in [7, 11) is 0. The van der Waals surface area contributed by atoms with Crippen LogP contribution in [0.1, 0.15) is 99.8 Å². The van der Waals surface area contributed by atoms with Crippen molar-refractivity contribution in [2.45, 2.75) is 117 Å². The summed E-state index contributed by atoms with van der Waals surface area (Å²) in [5.74, 6) is 1.37. The fourth-order valence-corrected chi connectivity index (χ4v) is 11.4. The molecule has 2 aliphatic heterocycles. The van der Waals surface area contributed by atoms with Crippen LogP contribution in [0.4, 0.5) is 0 Å². The Morgan fingerprint density at radius 2 is 1.76 bits per heavy atom. The Morgan fingerprint density at radius 1 is 1.03 bits per heavy atom. The van der Waals surface area contributed by atoms with Gasteiger partial charge in [-0.05, 0) is 81.5 Å². The molecule has 6 aliphatic rings. The van der Waals surface area contributed by atoms with E-state index in [1.807, 2.05) is 6.92 Å². The first kappa shape index (κ1) is 23.7. The molecule has 6 fully saturated rings. The molecule has 6 rings (SSSR count). The molecule has 2 spiro atoms. The minimum Gasteiger partial charge on any atom is -0.390 e. The van der Waals surface area contributed by atoms with Crippen molar-refractivity contribution in [2.24, 2.45) is 45.3 Å². The number of rotatable bonds is 1. The summed E-state index contributed by atoms with van der Waals surface area (Å²) < 4.78 is 13.5. The van der Waals surface area contributed by atoms with E-state index in [0.717, 1.165) is 45.1 Å². The number of hydrogen-bond donors (Lipinski definition) is 1. The van der Waals surface area contributed by atoms with E-state index in [2.05, 4.69) is 47.6 Å². The lowest BCUT2D eigenvalue weighted by Gasteiger charge is -2.69. The molecule has 1 N–H and O–H groups in total. The summed E-state index contributed by atoms with van der Waals surface area (Å²) in [5, 5.41) is 11.9. The summed E-state index contributed by atoms with van der Waals surface area (Å²) in [6.07, 6.45) is 10.1. The Labute approximate surface area is 206 Å². The molecule has 0 amide bonds. The monoisotopic (exact) mass is 470 g/mol. The van der Waals surface area contributed by atoms with Crippen molar-refractivity contribution in [1.29, 1.82) is 0 Å². The smallest absolute Gasteiger partial charge is 0.175 e. The SMILES string of the molecule is CC(C)=C[C@@H]1C[C@](C)(O)[C@@H]2[C@H]3CC[C@@H]4[C@@]5(C)CCC(=O)C(C)(C)[C@@H]5CC[C@@]4(C)[C@@]34CO[C@@]2(C4)O1. The number of aliphatic hydroxyl groups is 1. The second-order valence-corrected chi connectivity index (χ2v) is 14.8. The highest BCUT2D eigenvalue weighted by atomic mass is 16.7. The molecule has 0 aromatic heterocycles. The van der Waals surface area contributed by atoms with Gasteiger partial charge in [-0.15, -0.1) is 0 Å². The van der Waals surface area contributed by atoms with Gasteiger partial charge >= 0.3 is 0 Å². The van der Waals surface area contributed by atoms with Gasteiger partial charge in [0.05, 0.1) is 18.3 Å². The van der Waals surface area contributed by atoms with Crippen LogP contribution in [0.15, 0.2) is 11.6 Å². The van der Waals surface area contributed by atoms with E-state index in [4.69, 9.17) is 9.47 Å². The van der Waals surface area contributed by atoms with Gasteiger partial charge in [0.25, 0.3) is 0 Å². The Morgan fingerprint density at radius 3 is 2.47 bits per heavy atom. The van der Waals surface area contributed by atoms with Gasteiger partial charge < -0.3 is 14.6 Å². The lowest BCUT2D eigenvalue weighted by Crippen LogP contribution is -2.67. The van der Waals surface area contributed by atoms with Gasteiger partial charge in [-0.2, -0.15) is 0 Å². The minimum absolute atomic E-state index is 0.0447. The van der Waals surface area contributed by atoms with E-state index in [0.29, 0.717) is 30.0 Å². The first-order valence-corrected chi connectivity index (χ1v) is 13.9. The number of ether oxygens (including phenoxy) is 2. The highest BCUT2D eigenvalue weighted by Gasteiger charge is 2.80. The van der Waals surface area contributed by atoms with Crippen LogP contribution < -0.4 is 0 Å². The van der Waals surface area contributed by atoms with Gasteiger partial charge in [-0.1, -0.05) is 39.3 Å². The molecule has 4 aliphatic carbocycles. The molecule has 2 saturated heterocycles. The first-order valence-electron chi connectivity index (χ1n) is 13.9. The zero-order valence-corrected chi connectivity index (χ0v) is 22.5. The lowest BCUT2D eigenvalue weighted by molar-refractivity contribution is -0.339. The average molecular weight is 471 g/mol. The van der Waals surface area contributed by atoms with Gasteiger partial charge in [0.2, 0.25) is 0 Å². The predicted molar refractivity (Wildman–Crippen MR) is 132 cm³/mol. The summed E-state index contributed by atoms with van der Waals surface area (Å²) in [5.41, 5.74) is 0.636. The van der Waals surface area contributed by atoms with Crippen LogP contribution in [0.25, 0.3) is 0 Å². The van der Waals surface area contributed by atoms with Crippen molar-refractivity contribution in [1.82, 2.24) is 0 Å². The number of fused-ring (bicyclic) bond motifs is 4.